The van der Waals surface area contributed by atoms with Crippen LogP contribution in [0.4, 0.5) is 0 Å². The summed E-state index contributed by atoms with van der Waals surface area (Å²) < 4.78 is 0. The Bertz CT molecular complexity index is 460. The molecule has 1 nitrogen and oxygen atoms in total. The van der Waals surface area contributed by atoms with Gasteiger partial charge in [0.15, 0.2) is 0 Å². The van der Waals surface area contributed by atoms with Gasteiger partial charge in [0.2, 0.25) is 0 Å². The minimum Gasteiger partial charge on any atom is -0.256 e. The fraction of sp³-hybridized carbons (Fsp3) is 0.308. The first-order valence-electron chi connectivity index (χ1n) is 5.35. The lowest BCUT2D eigenvalue weighted by atomic mass is 10.0. The van der Waals surface area contributed by atoms with Crippen molar-refractivity contribution < 1.29 is 0 Å². The largest absolute Gasteiger partial charge is 0.256 e. The Balaban J connectivity index is 2.53. The van der Waals surface area contributed by atoms with Crippen molar-refractivity contribution in [3.63, 3.8) is 0 Å². The van der Waals surface area contributed by atoms with E-state index in [1.165, 1.54) is 18.4 Å². The van der Waals surface area contributed by atoms with E-state index in [1.54, 1.807) is 6.20 Å². The average molecular weight is 220 g/mol. The fourth-order valence-corrected chi connectivity index (χ4v) is 2.09. The summed E-state index contributed by atoms with van der Waals surface area (Å²) in [5.41, 5.74) is 2.31. The lowest BCUT2D eigenvalue weighted by Gasteiger charge is -2.06. The van der Waals surface area contributed by atoms with E-state index < -0.39 is 0 Å². The van der Waals surface area contributed by atoms with Gasteiger partial charge in [-0.05, 0) is 30.5 Å². The highest BCUT2D eigenvalue weighted by Crippen LogP contribution is 2.26. The topological polar surface area (TPSA) is 12.9 Å². The van der Waals surface area contributed by atoms with Crippen molar-refractivity contribution in [2.75, 3.05) is 0 Å². The second-order valence-corrected chi connectivity index (χ2v) is 4.11. The standard InChI is InChI=1S/C13H14ClN/c1-2-3-5-10-6-4-7-12-13(10)11(14)8-9-15-12/h4,6-9H,2-3,5H2,1H3. The molecule has 0 aliphatic carbocycles. The molecule has 0 amide bonds. The number of aromatic nitrogens is 1. The highest BCUT2D eigenvalue weighted by molar-refractivity contribution is 6.35. The first-order chi connectivity index (χ1) is 7.33. The molecule has 1 aromatic carbocycles. The SMILES string of the molecule is CCCCc1cccc2nccc(Cl)c12. The summed E-state index contributed by atoms with van der Waals surface area (Å²) in [7, 11) is 0. The van der Waals surface area contributed by atoms with E-state index in [0.29, 0.717) is 0 Å². The Labute approximate surface area is 95.1 Å². The summed E-state index contributed by atoms with van der Waals surface area (Å²) >= 11 is 6.20. The maximum atomic E-state index is 6.20. The molecule has 0 spiro atoms. The van der Waals surface area contributed by atoms with Crippen LogP contribution in [-0.2, 0) is 6.42 Å². The number of nitrogens with zero attached hydrogens (tertiary/aromatic N) is 1. The summed E-state index contributed by atoms with van der Waals surface area (Å²) in [6, 6.07) is 8.07. The van der Waals surface area contributed by atoms with Gasteiger partial charge in [-0.2, -0.15) is 0 Å². The molecule has 2 heteroatoms. The number of hydrogen-bond donors (Lipinski definition) is 0. The molecule has 0 N–H and O–H groups in total. The lowest BCUT2D eigenvalue weighted by molar-refractivity contribution is 0.799. The molecule has 2 aromatic rings. The number of halogens is 1. The second-order valence-electron chi connectivity index (χ2n) is 3.71. The first kappa shape index (κ1) is 10.4. The van der Waals surface area contributed by atoms with Crippen LogP contribution in [0.15, 0.2) is 30.5 Å². The smallest absolute Gasteiger partial charge is 0.0719 e. The highest BCUT2D eigenvalue weighted by Gasteiger charge is 2.04. The van der Waals surface area contributed by atoms with Gasteiger partial charge >= 0.3 is 0 Å². The van der Waals surface area contributed by atoms with Gasteiger partial charge in [-0.15, -0.1) is 0 Å². The van der Waals surface area contributed by atoms with E-state index in [2.05, 4.69) is 24.0 Å². The Kier molecular flexibility index (Phi) is 3.22. The summed E-state index contributed by atoms with van der Waals surface area (Å²) in [6.45, 7) is 2.20. The number of unbranched alkanes of at least 4 members (excludes halogenated alkanes) is 1. The van der Waals surface area contributed by atoms with Gasteiger partial charge in [-0.25, -0.2) is 0 Å². The van der Waals surface area contributed by atoms with Crippen LogP contribution in [0.3, 0.4) is 0 Å². The van der Waals surface area contributed by atoms with Gasteiger partial charge in [-0.1, -0.05) is 37.1 Å². The number of pyridine rings is 1. The van der Waals surface area contributed by atoms with Gasteiger partial charge in [0.1, 0.15) is 0 Å². The van der Waals surface area contributed by atoms with Crippen LogP contribution in [0.5, 0.6) is 0 Å². The van der Waals surface area contributed by atoms with Crippen LogP contribution in [0, 0.1) is 0 Å². The van der Waals surface area contributed by atoms with Crippen molar-refractivity contribution >= 4 is 22.5 Å². The van der Waals surface area contributed by atoms with E-state index >= 15 is 0 Å². The third-order valence-electron chi connectivity index (χ3n) is 2.60. The van der Waals surface area contributed by atoms with Crippen molar-refractivity contribution in [2.24, 2.45) is 0 Å². The number of rotatable bonds is 3. The molecule has 0 aliphatic rings. The van der Waals surface area contributed by atoms with Crippen molar-refractivity contribution in [2.45, 2.75) is 26.2 Å². The predicted molar refractivity (Wildman–Crippen MR) is 65.4 cm³/mol. The van der Waals surface area contributed by atoms with Crippen LogP contribution < -0.4 is 0 Å². The average Bonchev–Trinajstić information content (AvgIpc) is 2.26. The molecule has 15 heavy (non-hydrogen) atoms. The van der Waals surface area contributed by atoms with E-state index in [9.17, 15) is 0 Å². The van der Waals surface area contributed by atoms with Crippen LogP contribution in [0.25, 0.3) is 10.9 Å². The minimum atomic E-state index is 0.812. The van der Waals surface area contributed by atoms with E-state index in [4.69, 9.17) is 11.6 Å². The first-order valence-corrected chi connectivity index (χ1v) is 5.73. The van der Waals surface area contributed by atoms with Crippen LogP contribution in [-0.4, -0.2) is 4.98 Å². The molecule has 0 saturated heterocycles. The summed E-state index contributed by atoms with van der Waals surface area (Å²) in [6.07, 6.45) is 5.24. The van der Waals surface area contributed by atoms with Gasteiger partial charge in [0.05, 0.1) is 10.5 Å². The predicted octanol–water partition coefficient (Wildman–Crippen LogP) is 4.23. The number of benzene rings is 1. The van der Waals surface area contributed by atoms with E-state index in [0.717, 1.165) is 22.3 Å². The van der Waals surface area contributed by atoms with Crippen molar-refractivity contribution in [1.29, 1.82) is 0 Å². The molecule has 0 atom stereocenters. The highest BCUT2D eigenvalue weighted by atomic mass is 35.5. The Morgan fingerprint density at radius 3 is 2.93 bits per heavy atom. The molecular weight excluding hydrogens is 206 g/mol. The molecular formula is C13H14ClN. The molecule has 0 bridgehead atoms. The van der Waals surface area contributed by atoms with Gasteiger partial charge < -0.3 is 0 Å². The monoisotopic (exact) mass is 219 g/mol. The van der Waals surface area contributed by atoms with Crippen LogP contribution in [0.2, 0.25) is 5.02 Å². The molecule has 0 fully saturated rings. The zero-order valence-electron chi connectivity index (χ0n) is 8.83. The third-order valence-corrected chi connectivity index (χ3v) is 2.92. The summed E-state index contributed by atoms with van der Waals surface area (Å²) in [4.78, 5) is 4.33. The fourth-order valence-electron chi connectivity index (χ4n) is 1.81. The maximum Gasteiger partial charge on any atom is 0.0719 e. The maximum absolute atomic E-state index is 6.20. The third kappa shape index (κ3) is 2.13. The molecule has 0 saturated carbocycles. The van der Waals surface area contributed by atoms with E-state index in [1.807, 2.05) is 12.1 Å². The van der Waals surface area contributed by atoms with Crippen molar-refractivity contribution in [1.82, 2.24) is 4.98 Å². The molecule has 1 aromatic heterocycles. The Hall–Kier alpha value is -1.08. The molecule has 1 heterocycles. The minimum absolute atomic E-state index is 0.812. The summed E-state index contributed by atoms with van der Waals surface area (Å²) in [5, 5.41) is 1.93. The van der Waals surface area contributed by atoms with Gasteiger partial charge in [-0.3, -0.25) is 4.98 Å². The Morgan fingerprint density at radius 1 is 1.27 bits per heavy atom. The molecule has 0 radical (unpaired) electrons. The Morgan fingerprint density at radius 2 is 2.13 bits per heavy atom. The number of hydrogen-bond acceptors (Lipinski definition) is 1. The van der Waals surface area contributed by atoms with E-state index in [-0.39, 0.29) is 0 Å². The zero-order valence-corrected chi connectivity index (χ0v) is 9.59. The van der Waals surface area contributed by atoms with Crippen LogP contribution in [0.1, 0.15) is 25.3 Å². The molecule has 0 aliphatic heterocycles. The molecule has 2 rings (SSSR count). The normalized spacial score (nSPS) is 10.8. The molecule has 0 unspecified atom stereocenters. The van der Waals surface area contributed by atoms with Crippen LogP contribution >= 0.6 is 11.6 Å². The van der Waals surface area contributed by atoms with Gasteiger partial charge in [0.25, 0.3) is 0 Å². The molecule has 78 valence electrons. The summed E-state index contributed by atoms with van der Waals surface area (Å²) in [5.74, 6) is 0. The number of aryl methyl sites for hydroxylation is 1. The number of fused-ring (bicyclic) bond motifs is 1. The second kappa shape index (κ2) is 4.63. The van der Waals surface area contributed by atoms with Gasteiger partial charge in [0, 0.05) is 11.6 Å². The quantitative estimate of drug-likeness (QED) is 0.753. The van der Waals surface area contributed by atoms with Crippen molar-refractivity contribution in [3.8, 4) is 0 Å². The van der Waals surface area contributed by atoms with Crippen molar-refractivity contribution in [3.05, 3.63) is 41.0 Å². The lowest BCUT2D eigenvalue weighted by Crippen LogP contribution is -1.89. The zero-order chi connectivity index (χ0) is 10.7.